The Kier molecular flexibility index (Phi) is 5.50. The summed E-state index contributed by atoms with van der Waals surface area (Å²) in [5, 5.41) is 10.9. The Morgan fingerprint density at radius 2 is 1.96 bits per heavy atom. The molecule has 0 radical (unpaired) electrons. The van der Waals surface area contributed by atoms with Crippen molar-refractivity contribution in [2.75, 3.05) is 11.1 Å². The van der Waals surface area contributed by atoms with Gasteiger partial charge < -0.3 is 9.73 Å². The Labute approximate surface area is 160 Å². The molecule has 3 aromatic rings. The number of hydrogen-bond donors (Lipinski definition) is 1. The van der Waals surface area contributed by atoms with E-state index in [2.05, 4.69) is 15.5 Å². The fourth-order valence-electron chi connectivity index (χ4n) is 2.53. The number of anilines is 1. The van der Waals surface area contributed by atoms with E-state index in [1.54, 1.807) is 18.7 Å². The summed E-state index contributed by atoms with van der Waals surface area (Å²) in [5.41, 5.74) is 1.39. The van der Waals surface area contributed by atoms with Gasteiger partial charge in [0.1, 0.15) is 5.69 Å². The van der Waals surface area contributed by atoms with Crippen LogP contribution in [0.5, 0.6) is 0 Å². The predicted octanol–water partition coefficient (Wildman–Crippen LogP) is 2.72. The topological polar surface area (TPSA) is 95.0 Å². The summed E-state index contributed by atoms with van der Waals surface area (Å²) in [4.78, 5) is 25.1. The Morgan fingerprint density at radius 3 is 2.59 bits per heavy atom. The first-order valence-electron chi connectivity index (χ1n) is 8.48. The van der Waals surface area contributed by atoms with Crippen molar-refractivity contribution in [3.63, 3.8) is 0 Å². The zero-order chi connectivity index (χ0) is 19.6. The Morgan fingerprint density at radius 1 is 1.26 bits per heavy atom. The van der Waals surface area contributed by atoms with Crippen LogP contribution in [0.15, 0.2) is 44.8 Å². The number of aromatic nitrogens is 4. The average molecular weight is 387 g/mol. The van der Waals surface area contributed by atoms with Crippen LogP contribution < -0.4 is 10.9 Å². The molecule has 0 aliphatic carbocycles. The van der Waals surface area contributed by atoms with E-state index in [9.17, 15) is 9.59 Å². The van der Waals surface area contributed by atoms with Crippen molar-refractivity contribution in [1.82, 2.24) is 19.6 Å². The van der Waals surface area contributed by atoms with Gasteiger partial charge in [0.25, 0.3) is 10.8 Å². The van der Waals surface area contributed by atoms with Crippen molar-refractivity contribution in [2.45, 2.75) is 31.9 Å². The Balaban J connectivity index is 1.73. The molecule has 142 valence electrons. The molecule has 0 spiro atoms. The molecule has 0 bridgehead atoms. The maximum absolute atomic E-state index is 12.8. The van der Waals surface area contributed by atoms with Crippen molar-refractivity contribution < 1.29 is 9.21 Å². The molecule has 1 aromatic carbocycles. The van der Waals surface area contributed by atoms with Gasteiger partial charge in [0.2, 0.25) is 11.8 Å². The highest BCUT2D eigenvalue weighted by Gasteiger charge is 2.19. The SMILES string of the molecule is Cc1c(NC(=O)CSc2nnc(C(C)C)o2)c(=O)n(-c2ccccc2)n1C. The zero-order valence-corrected chi connectivity index (χ0v) is 16.4. The molecule has 0 aliphatic heterocycles. The first-order chi connectivity index (χ1) is 12.9. The van der Waals surface area contributed by atoms with Gasteiger partial charge in [0.15, 0.2) is 0 Å². The van der Waals surface area contributed by atoms with E-state index in [0.717, 1.165) is 17.4 Å². The van der Waals surface area contributed by atoms with E-state index in [4.69, 9.17) is 4.42 Å². The van der Waals surface area contributed by atoms with Crippen LogP contribution in [0.3, 0.4) is 0 Å². The van der Waals surface area contributed by atoms with E-state index in [1.165, 1.54) is 4.68 Å². The molecule has 1 N–H and O–H groups in total. The number of benzene rings is 1. The number of para-hydroxylation sites is 1. The van der Waals surface area contributed by atoms with Gasteiger partial charge >= 0.3 is 0 Å². The fraction of sp³-hybridized carbons (Fsp3) is 0.333. The molecular weight excluding hydrogens is 366 g/mol. The van der Waals surface area contributed by atoms with Crippen LogP contribution in [-0.2, 0) is 11.8 Å². The van der Waals surface area contributed by atoms with Crippen LogP contribution in [0.25, 0.3) is 5.69 Å². The van der Waals surface area contributed by atoms with Gasteiger partial charge in [-0.05, 0) is 19.1 Å². The van der Waals surface area contributed by atoms with Gasteiger partial charge in [-0.1, -0.05) is 43.8 Å². The zero-order valence-electron chi connectivity index (χ0n) is 15.6. The fourth-order valence-corrected chi connectivity index (χ4v) is 3.10. The van der Waals surface area contributed by atoms with Crippen LogP contribution in [-0.4, -0.2) is 31.2 Å². The number of carbonyl (C=O) groups excluding carboxylic acids is 1. The van der Waals surface area contributed by atoms with Crippen LogP contribution in [0.2, 0.25) is 0 Å². The Bertz CT molecular complexity index is 1000. The second-order valence-electron chi connectivity index (χ2n) is 6.33. The molecular formula is C18H21N5O3S. The lowest BCUT2D eigenvalue weighted by molar-refractivity contribution is -0.113. The first kappa shape index (κ1) is 19.0. The molecule has 3 rings (SSSR count). The van der Waals surface area contributed by atoms with Crippen LogP contribution >= 0.6 is 11.8 Å². The molecule has 8 nitrogen and oxygen atoms in total. The van der Waals surface area contributed by atoms with E-state index in [0.29, 0.717) is 16.8 Å². The van der Waals surface area contributed by atoms with Gasteiger partial charge in [-0.3, -0.25) is 14.3 Å². The van der Waals surface area contributed by atoms with E-state index < -0.39 is 0 Å². The lowest BCUT2D eigenvalue weighted by Gasteiger charge is -2.07. The number of carbonyl (C=O) groups is 1. The molecule has 0 saturated heterocycles. The van der Waals surface area contributed by atoms with Crippen molar-refractivity contribution in [3.05, 3.63) is 52.3 Å². The molecule has 9 heteroatoms. The van der Waals surface area contributed by atoms with Gasteiger partial charge in [-0.25, -0.2) is 4.68 Å². The second kappa shape index (κ2) is 7.83. The third-order valence-electron chi connectivity index (χ3n) is 4.06. The molecule has 1 amide bonds. The average Bonchev–Trinajstić information content (AvgIpc) is 3.21. The largest absolute Gasteiger partial charge is 0.416 e. The number of hydrogen-bond acceptors (Lipinski definition) is 6. The summed E-state index contributed by atoms with van der Waals surface area (Å²) in [6, 6.07) is 9.27. The summed E-state index contributed by atoms with van der Waals surface area (Å²) in [6.45, 7) is 5.69. The minimum Gasteiger partial charge on any atom is -0.416 e. The standard InChI is InChI=1S/C18H21N5O3S/c1-11(2)16-20-21-18(26-16)27-10-14(24)19-15-12(3)22(4)23(17(15)25)13-8-6-5-7-9-13/h5-9,11H,10H2,1-4H3,(H,19,24). The predicted molar refractivity (Wildman–Crippen MR) is 103 cm³/mol. The second-order valence-corrected chi connectivity index (χ2v) is 7.26. The normalized spacial score (nSPS) is 11.1. The van der Waals surface area contributed by atoms with Crippen LogP contribution in [0, 0.1) is 6.92 Å². The molecule has 27 heavy (non-hydrogen) atoms. The lowest BCUT2D eigenvalue weighted by Crippen LogP contribution is -2.23. The number of rotatable bonds is 6. The number of thioether (sulfide) groups is 1. The van der Waals surface area contributed by atoms with Crippen LogP contribution in [0.1, 0.15) is 31.4 Å². The molecule has 2 heterocycles. The maximum Gasteiger partial charge on any atom is 0.295 e. The van der Waals surface area contributed by atoms with Gasteiger partial charge in [-0.2, -0.15) is 0 Å². The summed E-state index contributed by atoms with van der Waals surface area (Å²) in [6.07, 6.45) is 0. The molecule has 0 atom stereocenters. The molecule has 0 saturated carbocycles. The van der Waals surface area contributed by atoms with Crippen molar-refractivity contribution in [3.8, 4) is 5.69 Å². The summed E-state index contributed by atoms with van der Waals surface area (Å²) in [7, 11) is 1.78. The highest BCUT2D eigenvalue weighted by molar-refractivity contribution is 7.99. The first-order valence-corrected chi connectivity index (χ1v) is 9.47. The van der Waals surface area contributed by atoms with Crippen molar-refractivity contribution in [1.29, 1.82) is 0 Å². The van der Waals surface area contributed by atoms with Gasteiger partial charge in [-0.15, -0.1) is 10.2 Å². The lowest BCUT2D eigenvalue weighted by atomic mass is 10.2. The number of nitrogens with zero attached hydrogens (tertiary/aromatic N) is 4. The quantitative estimate of drug-likeness (QED) is 0.654. The Hall–Kier alpha value is -2.81. The minimum absolute atomic E-state index is 0.0683. The number of amides is 1. The van der Waals surface area contributed by atoms with E-state index in [-0.39, 0.29) is 28.8 Å². The van der Waals surface area contributed by atoms with E-state index >= 15 is 0 Å². The summed E-state index contributed by atoms with van der Waals surface area (Å²) < 4.78 is 8.70. The summed E-state index contributed by atoms with van der Waals surface area (Å²) in [5.74, 6) is 0.417. The molecule has 0 aliphatic rings. The highest BCUT2D eigenvalue weighted by atomic mass is 32.2. The highest BCUT2D eigenvalue weighted by Crippen LogP contribution is 2.21. The van der Waals surface area contributed by atoms with Crippen molar-refractivity contribution in [2.24, 2.45) is 7.05 Å². The monoisotopic (exact) mass is 387 g/mol. The summed E-state index contributed by atoms with van der Waals surface area (Å²) >= 11 is 1.14. The van der Waals surface area contributed by atoms with Gasteiger partial charge in [0, 0.05) is 13.0 Å². The molecule has 0 fully saturated rings. The maximum atomic E-state index is 12.8. The molecule has 2 aromatic heterocycles. The van der Waals surface area contributed by atoms with E-state index in [1.807, 2.05) is 44.2 Å². The third kappa shape index (κ3) is 3.97. The number of nitrogens with one attached hydrogen (secondary N) is 1. The molecule has 0 unspecified atom stereocenters. The van der Waals surface area contributed by atoms with Crippen molar-refractivity contribution >= 4 is 23.4 Å². The third-order valence-corrected chi connectivity index (χ3v) is 4.88. The van der Waals surface area contributed by atoms with Gasteiger partial charge in [0.05, 0.1) is 17.1 Å². The smallest absolute Gasteiger partial charge is 0.295 e. The van der Waals surface area contributed by atoms with Crippen LogP contribution in [0.4, 0.5) is 5.69 Å². The minimum atomic E-state index is -0.310.